The minimum Gasteiger partial charge on any atom is -0.289 e. The topological polar surface area (TPSA) is 80.1 Å². The first-order valence-electron chi connectivity index (χ1n) is 8.40. The molecule has 1 aliphatic carbocycles. The van der Waals surface area contributed by atoms with Crippen molar-refractivity contribution in [1.82, 2.24) is 19.6 Å². The van der Waals surface area contributed by atoms with E-state index in [0.717, 1.165) is 36.1 Å². The van der Waals surface area contributed by atoms with Crippen molar-refractivity contribution in [2.24, 2.45) is 0 Å². The summed E-state index contributed by atoms with van der Waals surface area (Å²) in [7, 11) is 0. The molecule has 0 saturated carbocycles. The predicted molar refractivity (Wildman–Crippen MR) is 105 cm³/mol. The first kappa shape index (κ1) is 15.7. The molecule has 26 heavy (non-hydrogen) atoms. The smallest absolute Gasteiger partial charge is 0.284 e. The van der Waals surface area contributed by atoms with Gasteiger partial charge in [0.15, 0.2) is 0 Å². The number of aromatic nitrogens is 4. The summed E-state index contributed by atoms with van der Waals surface area (Å²) < 4.78 is 1.22. The van der Waals surface area contributed by atoms with E-state index in [1.165, 1.54) is 9.39 Å². The fourth-order valence-corrected chi connectivity index (χ4v) is 5.21. The van der Waals surface area contributed by atoms with E-state index in [2.05, 4.69) is 15.1 Å². The van der Waals surface area contributed by atoms with Crippen molar-refractivity contribution in [3.8, 4) is 0 Å². The molecule has 0 amide bonds. The Hall–Kier alpha value is -2.58. The summed E-state index contributed by atoms with van der Waals surface area (Å²) in [5.41, 5.74) is 0.752. The van der Waals surface area contributed by atoms with Gasteiger partial charge in [-0.1, -0.05) is 6.07 Å². The van der Waals surface area contributed by atoms with E-state index >= 15 is 0 Å². The van der Waals surface area contributed by atoms with E-state index in [1.807, 2.05) is 23.6 Å². The third kappa shape index (κ3) is 2.45. The van der Waals surface area contributed by atoms with Crippen molar-refractivity contribution in [2.75, 3.05) is 0 Å². The van der Waals surface area contributed by atoms with Crippen molar-refractivity contribution in [1.29, 1.82) is 0 Å². The Bertz CT molecular complexity index is 1280. The van der Waals surface area contributed by atoms with Gasteiger partial charge in [0.2, 0.25) is 5.78 Å². The van der Waals surface area contributed by atoms with Crippen LogP contribution in [0.5, 0.6) is 0 Å². The standard InChI is InChI=1S/C18H14N4O2S2/c23-15-12(8-7-10-4-3-9-25-10)21-22-17(24)14-11-5-1-2-6-13(11)26-16(14)20-18(22)19-15/h3-4,7-9H,1-2,5-6H2,(H,19,20,23)/b8-7+. The Morgan fingerprint density at radius 2 is 2.08 bits per heavy atom. The molecule has 8 heteroatoms. The lowest BCUT2D eigenvalue weighted by molar-refractivity contribution is 0.699. The molecule has 130 valence electrons. The van der Waals surface area contributed by atoms with Gasteiger partial charge in [-0.25, -0.2) is 4.98 Å². The lowest BCUT2D eigenvalue weighted by Gasteiger charge is -2.09. The highest BCUT2D eigenvalue weighted by atomic mass is 32.1. The Balaban J connectivity index is 1.74. The van der Waals surface area contributed by atoms with Crippen LogP contribution < -0.4 is 11.1 Å². The highest BCUT2D eigenvalue weighted by Gasteiger charge is 2.21. The van der Waals surface area contributed by atoms with E-state index in [-0.39, 0.29) is 22.6 Å². The molecule has 4 aromatic heterocycles. The molecule has 4 aromatic rings. The van der Waals surface area contributed by atoms with Crippen LogP contribution in [0.3, 0.4) is 0 Å². The quantitative estimate of drug-likeness (QED) is 0.578. The van der Waals surface area contributed by atoms with Crippen LogP contribution >= 0.6 is 22.7 Å². The van der Waals surface area contributed by atoms with Crippen LogP contribution in [-0.4, -0.2) is 19.6 Å². The fraction of sp³-hybridized carbons (Fsp3) is 0.222. The minimum atomic E-state index is -0.356. The van der Waals surface area contributed by atoms with Crippen molar-refractivity contribution >= 4 is 50.8 Å². The number of aromatic amines is 1. The number of rotatable bonds is 2. The molecule has 0 bridgehead atoms. The highest BCUT2D eigenvalue weighted by molar-refractivity contribution is 7.18. The second kappa shape index (κ2) is 6.00. The Morgan fingerprint density at radius 1 is 1.19 bits per heavy atom. The number of fused-ring (bicyclic) bond motifs is 4. The van der Waals surface area contributed by atoms with Crippen molar-refractivity contribution in [2.45, 2.75) is 25.7 Å². The molecule has 0 aromatic carbocycles. The molecule has 6 nitrogen and oxygen atoms in total. The molecule has 0 unspecified atom stereocenters. The zero-order chi connectivity index (χ0) is 17.7. The van der Waals surface area contributed by atoms with E-state index < -0.39 is 0 Å². The number of hydrogen-bond acceptors (Lipinski definition) is 6. The van der Waals surface area contributed by atoms with E-state index in [9.17, 15) is 9.59 Å². The third-order valence-corrected chi connectivity index (χ3v) is 6.60. The number of H-pyrrole nitrogens is 1. The van der Waals surface area contributed by atoms with Crippen molar-refractivity contribution in [3.05, 3.63) is 59.2 Å². The zero-order valence-electron chi connectivity index (χ0n) is 13.7. The number of thiophene rings is 2. The largest absolute Gasteiger partial charge is 0.289 e. The lowest BCUT2D eigenvalue weighted by Crippen LogP contribution is -2.25. The number of aryl methyl sites for hydroxylation is 2. The van der Waals surface area contributed by atoms with E-state index in [0.29, 0.717) is 10.2 Å². The molecule has 1 N–H and O–H groups in total. The Labute approximate surface area is 155 Å². The summed E-state index contributed by atoms with van der Waals surface area (Å²) >= 11 is 3.13. The van der Waals surface area contributed by atoms with E-state index in [1.54, 1.807) is 28.7 Å². The second-order valence-corrected chi connectivity index (χ2v) is 8.29. The second-order valence-electron chi connectivity index (χ2n) is 6.23. The van der Waals surface area contributed by atoms with Gasteiger partial charge in [0.1, 0.15) is 10.5 Å². The van der Waals surface area contributed by atoms with Crippen LogP contribution in [0.1, 0.15) is 33.9 Å². The van der Waals surface area contributed by atoms with Crippen LogP contribution in [0.2, 0.25) is 0 Å². The first-order valence-corrected chi connectivity index (χ1v) is 10.1. The normalized spacial score (nSPS) is 14.5. The maximum Gasteiger partial charge on any atom is 0.284 e. The average Bonchev–Trinajstić information content (AvgIpc) is 3.27. The molecule has 5 rings (SSSR count). The monoisotopic (exact) mass is 382 g/mol. The molecule has 1 aliphatic rings. The van der Waals surface area contributed by atoms with Crippen LogP contribution in [0.4, 0.5) is 0 Å². The van der Waals surface area contributed by atoms with Gasteiger partial charge >= 0.3 is 0 Å². The van der Waals surface area contributed by atoms with Crippen molar-refractivity contribution in [3.63, 3.8) is 0 Å². The molecule has 0 saturated heterocycles. The van der Waals surface area contributed by atoms with Gasteiger partial charge in [0.25, 0.3) is 11.1 Å². The molecular weight excluding hydrogens is 368 g/mol. The summed E-state index contributed by atoms with van der Waals surface area (Å²) in [5.74, 6) is 0.194. The van der Waals surface area contributed by atoms with Crippen LogP contribution in [-0.2, 0) is 12.8 Å². The third-order valence-electron chi connectivity index (χ3n) is 4.58. The zero-order valence-corrected chi connectivity index (χ0v) is 15.3. The van der Waals surface area contributed by atoms with Gasteiger partial charge < -0.3 is 0 Å². The van der Waals surface area contributed by atoms with E-state index in [4.69, 9.17) is 0 Å². The summed E-state index contributed by atoms with van der Waals surface area (Å²) in [6.07, 6.45) is 7.59. The number of nitrogens with one attached hydrogen (secondary N) is 1. The Kier molecular flexibility index (Phi) is 3.61. The van der Waals surface area contributed by atoms with Gasteiger partial charge in [0.05, 0.1) is 5.39 Å². The van der Waals surface area contributed by atoms with Crippen LogP contribution in [0.15, 0.2) is 27.1 Å². The lowest BCUT2D eigenvalue weighted by atomic mass is 9.97. The first-order chi connectivity index (χ1) is 12.7. The molecular formula is C18H14N4O2S2. The van der Waals surface area contributed by atoms with Gasteiger partial charge in [0, 0.05) is 9.75 Å². The van der Waals surface area contributed by atoms with Gasteiger partial charge in [-0.15, -0.1) is 22.7 Å². The minimum absolute atomic E-state index is 0.193. The average molecular weight is 382 g/mol. The Morgan fingerprint density at radius 3 is 2.92 bits per heavy atom. The number of hydrogen-bond donors (Lipinski definition) is 1. The molecule has 0 fully saturated rings. The van der Waals surface area contributed by atoms with Crippen molar-refractivity contribution < 1.29 is 0 Å². The van der Waals surface area contributed by atoms with Gasteiger partial charge in [-0.05, 0) is 54.8 Å². The number of nitrogens with zero attached hydrogens (tertiary/aromatic N) is 3. The van der Waals surface area contributed by atoms with Gasteiger partial charge in [-0.2, -0.15) is 9.61 Å². The molecule has 0 spiro atoms. The maximum atomic E-state index is 13.0. The molecule has 4 heterocycles. The maximum absolute atomic E-state index is 13.0. The summed E-state index contributed by atoms with van der Waals surface area (Å²) in [6, 6.07) is 3.89. The summed E-state index contributed by atoms with van der Waals surface area (Å²) in [6.45, 7) is 0. The summed E-state index contributed by atoms with van der Waals surface area (Å²) in [5, 5.41) is 6.90. The molecule has 0 atom stereocenters. The molecule has 0 aliphatic heterocycles. The fourth-order valence-electron chi connectivity index (χ4n) is 3.34. The van der Waals surface area contributed by atoms with Gasteiger partial charge in [-0.3, -0.25) is 14.6 Å². The van der Waals surface area contributed by atoms with Crippen LogP contribution in [0.25, 0.3) is 28.1 Å². The predicted octanol–water partition coefficient (Wildman–Crippen LogP) is 3.10. The molecule has 0 radical (unpaired) electrons. The summed E-state index contributed by atoms with van der Waals surface area (Å²) in [4.78, 5) is 35.5. The van der Waals surface area contributed by atoms with Crippen LogP contribution in [0, 0.1) is 0 Å². The highest BCUT2D eigenvalue weighted by Crippen LogP contribution is 2.33. The SMILES string of the molecule is O=c1[nH]c2nc3sc4c(c3c(=O)n2nc1/C=C/c1cccs1)CCCC4.